The highest BCUT2D eigenvalue weighted by Gasteiger charge is 2.29. The molecule has 0 amide bonds. The summed E-state index contributed by atoms with van der Waals surface area (Å²) < 4.78 is 53.7. The predicted molar refractivity (Wildman–Crippen MR) is 104 cm³/mol. The number of nitrogens with zero attached hydrogens (tertiary/aromatic N) is 1. The molecule has 0 aliphatic heterocycles. The molecule has 1 unspecified atom stereocenters. The molecule has 0 heterocycles. The van der Waals surface area contributed by atoms with Crippen LogP contribution in [0.4, 0.5) is 0 Å². The maximum Gasteiger partial charge on any atom is 0.242 e. The molecule has 10 heteroatoms. The highest BCUT2D eigenvalue weighted by Crippen LogP contribution is 2.24. The van der Waals surface area contributed by atoms with Crippen LogP contribution in [0.3, 0.4) is 0 Å². The van der Waals surface area contributed by atoms with E-state index in [0.29, 0.717) is 6.42 Å². The minimum atomic E-state index is -3.77. The molecule has 1 aromatic rings. The molecular formula is C16H28ClN3O4S2. The standard InChI is InChI=1S/C16H27N3O4S2.ClH/c1-12(2)16(17)9-10-19(3)25(22,23)15-6-4-5-14(11-15)24(20,21)18-13-7-8-13;/h4-6,11-13,16,18H,7-10,17H2,1-3H3;1H. The van der Waals surface area contributed by atoms with Crippen LogP contribution in [0.2, 0.25) is 0 Å². The summed E-state index contributed by atoms with van der Waals surface area (Å²) in [5.41, 5.74) is 5.97. The van der Waals surface area contributed by atoms with E-state index in [1.54, 1.807) is 0 Å². The Morgan fingerprint density at radius 1 is 1.19 bits per heavy atom. The average Bonchev–Trinajstić information content (AvgIpc) is 3.35. The van der Waals surface area contributed by atoms with Crippen molar-refractivity contribution in [1.29, 1.82) is 0 Å². The summed E-state index contributed by atoms with van der Waals surface area (Å²) in [6, 6.07) is 5.33. The Morgan fingerprint density at radius 3 is 2.31 bits per heavy atom. The number of hydrogen-bond acceptors (Lipinski definition) is 5. The normalized spacial score (nSPS) is 16.5. The summed E-state index contributed by atoms with van der Waals surface area (Å²) in [5, 5.41) is 0. The average molecular weight is 426 g/mol. The summed E-state index contributed by atoms with van der Waals surface area (Å²) >= 11 is 0. The van der Waals surface area contributed by atoms with Crippen molar-refractivity contribution in [2.24, 2.45) is 11.7 Å². The van der Waals surface area contributed by atoms with E-state index >= 15 is 0 Å². The number of hydrogen-bond donors (Lipinski definition) is 2. The lowest BCUT2D eigenvalue weighted by atomic mass is 10.0. The van der Waals surface area contributed by atoms with E-state index in [-0.39, 0.29) is 46.7 Å². The smallest absolute Gasteiger partial charge is 0.242 e. The van der Waals surface area contributed by atoms with Crippen LogP contribution < -0.4 is 10.5 Å². The quantitative estimate of drug-likeness (QED) is 0.623. The van der Waals surface area contributed by atoms with Crippen molar-refractivity contribution >= 4 is 32.5 Å². The molecular weight excluding hydrogens is 398 g/mol. The minimum absolute atomic E-state index is 0. The van der Waals surface area contributed by atoms with Gasteiger partial charge in [-0.3, -0.25) is 0 Å². The fourth-order valence-corrected chi connectivity index (χ4v) is 4.91. The first-order valence-electron chi connectivity index (χ1n) is 8.38. The van der Waals surface area contributed by atoms with Gasteiger partial charge in [0.1, 0.15) is 0 Å². The van der Waals surface area contributed by atoms with Crippen LogP contribution in [0.1, 0.15) is 33.1 Å². The Morgan fingerprint density at radius 2 is 1.77 bits per heavy atom. The number of benzene rings is 1. The zero-order valence-corrected chi connectivity index (χ0v) is 17.7. The molecule has 1 aromatic carbocycles. The molecule has 0 spiro atoms. The van der Waals surface area contributed by atoms with Gasteiger partial charge in [0.25, 0.3) is 0 Å². The van der Waals surface area contributed by atoms with Gasteiger partial charge in [0.05, 0.1) is 9.79 Å². The Bertz CT molecular complexity index is 809. The van der Waals surface area contributed by atoms with Crippen LogP contribution >= 0.6 is 12.4 Å². The maximum absolute atomic E-state index is 12.7. The molecule has 150 valence electrons. The zero-order valence-electron chi connectivity index (χ0n) is 15.3. The lowest BCUT2D eigenvalue weighted by molar-refractivity contribution is 0.397. The second-order valence-corrected chi connectivity index (χ2v) is 10.7. The van der Waals surface area contributed by atoms with Crippen molar-refractivity contribution in [3.05, 3.63) is 24.3 Å². The van der Waals surface area contributed by atoms with E-state index in [2.05, 4.69) is 4.72 Å². The Kier molecular flexibility index (Phi) is 8.06. The second kappa shape index (κ2) is 8.99. The Hall–Kier alpha value is -0.710. The van der Waals surface area contributed by atoms with Gasteiger partial charge in [-0.1, -0.05) is 19.9 Å². The van der Waals surface area contributed by atoms with Crippen molar-refractivity contribution in [3.8, 4) is 0 Å². The molecule has 1 aliphatic carbocycles. The van der Waals surface area contributed by atoms with Crippen LogP contribution in [-0.4, -0.2) is 46.8 Å². The lowest BCUT2D eigenvalue weighted by Crippen LogP contribution is -2.34. The molecule has 1 saturated carbocycles. The lowest BCUT2D eigenvalue weighted by Gasteiger charge is -2.21. The highest BCUT2D eigenvalue weighted by molar-refractivity contribution is 7.90. The van der Waals surface area contributed by atoms with Crippen LogP contribution in [0.25, 0.3) is 0 Å². The first-order valence-corrected chi connectivity index (χ1v) is 11.3. The van der Waals surface area contributed by atoms with Crippen molar-refractivity contribution in [3.63, 3.8) is 0 Å². The van der Waals surface area contributed by atoms with E-state index in [4.69, 9.17) is 5.73 Å². The van der Waals surface area contributed by atoms with E-state index in [9.17, 15) is 16.8 Å². The first kappa shape index (κ1) is 23.3. The van der Waals surface area contributed by atoms with Crippen LogP contribution in [-0.2, 0) is 20.0 Å². The van der Waals surface area contributed by atoms with Gasteiger partial charge in [-0.2, -0.15) is 0 Å². The fourth-order valence-electron chi connectivity index (χ4n) is 2.25. The third kappa shape index (κ3) is 5.90. The predicted octanol–water partition coefficient (Wildman–Crippen LogP) is 1.54. The summed E-state index contributed by atoms with van der Waals surface area (Å²) in [6.07, 6.45) is 2.17. The van der Waals surface area contributed by atoms with Gasteiger partial charge < -0.3 is 5.73 Å². The Labute approximate surface area is 162 Å². The van der Waals surface area contributed by atoms with Gasteiger partial charge >= 0.3 is 0 Å². The highest BCUT2D eigenvalue weighted by atomic mass is 35.5. The van der Waals surface area contributed by atoms with Gasteiger partial charge in [-0.25, -0.2) is 25.9 Å². The summed E-state index contributed by atoms with van der Waals surface area (Å²) in [5.74, 6) is 0.262. The molecule has 1 atom stereocenters. The summed E-state index contributed by atoms with van der Waals surface area (Å²) in [7, 11) is -5.99. The molecule has 0 bridgehead atoms. The van der Waals surface area contributed by atoms with E-state index in [1.165, 1.54) is 35.6 Å². The third-order valence-corrected chi connectivity index (χ3v) is 7.73. The summed E-state index contributed by atoms with van der Waals surface area (Å²) in [6.45, 7) is 4.25. The van der Waals surface area contributed by atoms with Crippen LogP contribution in [0, 0.1) is 5.92 Å². The second-order valence-electron chi connectivity index (χ2n) is 6.89. The number of nitrogens with two attached hydrogens (primary N) is 1. The molecule has 7 nitrogen and oxygen atoms in total. The third-order valence-electron chi connectivity index (χ3n) is 4.36. The molecule has 2 rings (SSSR count). The molecule has 26 heavy (non-hydrogen) atoms. The molecule has 3 N–H and O–H groups in total. The van der Waals surface area contributed by atoms with Gasteiger partial charge in [0, 0.05) is 25.7 Å². The van der Waals surface area contributed by atoms with E-state index in [0.717, 1.165) is 12.8 Å². The molecule has 0 saturated heterocycles. The van der Waals surface area contributed by atoms with Crippen molar-refractivity contribution in [2.45, 2.75) is 55.0 Å². The monoisotopic (exact) mass is 425 g/mol. The SMILES string of the molecule is CC(C)C(N)CCN(C)S(=O)(=O)c1cccc(S(=O)(=O)NC2CC2)c1.Cl. The molecule has 0 radical (unpaired) electrons. The number of rotatable bonds is 9. The zero-order chi connectivity index (χ0) is 18.8. The number of nitrogens with one attached hydrogen (secondary N) is 1. The molecule has 0 aromatic heterocycles. The molecule has 1 aliphatic rings. The van der Waals surface area contributed by atoms with E-state index < -0.39 is 20.0 Å². The van der Waals surface area contributed by atoms with Crippen molar-refractivity contribution in [1.82, 2.24) is 9.03 Å². The van der Waals surface area contributed by atoms with Crippen molar-refractivity contribution in [2.75, 3.05) is 13.6 Å². The summed E-state index contributed by atoms with van der Waals surface area (Å²) in [4.78, 5) is -0.0699. The molecule has 1 fully saturated rings. The fraction of sp³-hybridized carbons (Fsp3) is 0.625. The Balaban J connectivity index is 0.00000338. The number of halogens is 1. The number of sulfonamides is 2. The van der Waals surface area contributed by atoms with Crippen LogP contribution in [0.15, 0.2) is 34.1 Å². The van der Waals surface area contributed by atoms with Gasteiger partial charge in [-0.05, 0) is 43.4 Å². The minimum Gasteiger partial charge on any atom is -0.327 e. The van der Waals surface area contributed by atoms with Gasteiger partial charge in [0.2, 0.25) is 20.0 Å². The topological polar surface area (TPSA) is 110 Å². The van der Waals surface area contributed by atoms with Gasteiger partial charge in [0.15, 0.2) is 0 Å². The van der Waals surface area contributed by atoms with Crippen LogP contribution in [0.5, 0.6) is 0 Å². The van der Waals surface area contributed by atoms with Crippen molar-refractivity contribution < 1.29 is 16.8 Å². The first-order chi connectivity index (χ1) is 11.5. The maximum atomic E-state index is 12.7. The van der Waals surface area contributed by atoms with E-state index in [1.807, 2.05) is 13.8 Å². The largest absolute Gasteiger partial charge is 0.327 e. The van der Waals surface area contributed by atoms with Gasteiger partial charge in [-0.15, -0.1) is 12.4 Å².